The van der Waals surface area contributed by atoms with Gasteiger partial charge in [-0.15, -0.1) is 0 Å². The van der Waals surface area contributed by atoms with Gasteiger partial charge in [0.2, 0.25) is 0 Å². The fourth-order valence-electron chi connectivity index (χ4n) is 2.60. The zero-order chi connectivity index (χ0) is 17.5. The molecule has 0 heterocycles. The summed E-state index contributed by atoms with van der Waals surface area (Å²) in [5.41, 5.74) is 1.19. The normalized spacial score (nSPS) is 19.6. The molecule has 0 bridgehead atoms. The smallest absolute Gasteiger partial charge is 0.331 e. The Hall–Kier alpha value is -2.08. The van der Waals surface area contributed by atoms with Crippen molar-refractivity contribution in [3.8, 4) is 0 Å². The number of Topliss-reactive ketones (excluding diaryl/α,β-unsaturated/α-hetero) is 1. The van der Waals surface area contributed by atoms with Gasteiger partial charge in [-0.25, -0.2) is 4.79 Å². The molecule has 1 unspecified atom stereocenters. The number of aliphatic imine (C=N–C) groups is 1. The van der Waals surface area contributed by atoms with Crippen LogP contribution in [0.15, 0.2) is 46.7 Å². The summed E-state index contributed by atoms with van der Waals surface area (Å²) in [7, 11) is 0. The van der Waals surface area contributed by atoms with Crippen molar-refractivity contribution in [1.29, 1.82) is 0 Å². The second-order valence-electron chi connectivity index (χ2n) is 5.53. The number of ether oxygens (including phenoxy) is 1. The number of esters is 1. The summed E-state index contributed by atoms with van der Waals surface area (Å²) in [6, 6.07) is 8.84. The van der Waals surface area contributed by atoms with E-state index >= 15 is 0 Å². The molecular formula is C18H21NO4S. The maximum atomic E-state index is 12.3. The molecule has 1 aliphatic carbocycles. The van der Waals surface area contributed by atoms with Gasteiger partial charge in [0.25, 0.3) is 0 Å². The highest BCUT2D eigenvalue weighted by molar-refractivity contribution is 7.80. The maximum Gasteiger partial charge on any atom is 0.331 e. The third-order valence-corrected chi connectivity index (χ3v) is 4.21. The van der Waals surface area contributed by atoms with Crippen LogP contribution in [0.5, 0.6) is 0 Å². The number of carbonyl (C=O) groups excluding carboxylic acids is 2. The van der Waals surface area contributed by atoms with Crippen LogP contribution in [0.1, 0.15) is 31.2 Å². The summed E-state index contributed by atoms with van der Waals surface area (Å²) in [5.74, 6) is -0.538. The Bertz CT molecular complexity index is 654. The van der Waals surface area contributed by atoms with Gasteiger partial charge in [0.15, 0.2) is 11.8 Å². The van der Waals surface area contributed by atoms with Crippen molar-refractivity contribution < 1.29 is 19.4 Å². The molecule has 2 rings (SSSR count). The largest absolute Gasteiger partial charge is 0.511 e. The first-order valence-electron chi connectivity index (χ1n) is 7.87. The predicted molar refractivity (Wildman–Crippen MR) is 95.8 cm³/mol. The molecule has 0 saturated heterocycles. The highest BCUT2D eigenvalue weighted by atomic mass is 32.1. The van der Waals surface area contributed by atoms with E-state index < -0.39 is 12.0 Å². The van der Waals surface area contributed by atoms with Crippen LogP contribution in [0.25, 0.3) is 0 Å². The van der Waals surface area contributed by atoms with Gasteiger partial charge in [-0.05, 0) is 18.4 Å². The molecule has 0 radical (unpaired) electrons. The van der Waals surface area contributed by atoms with Crippen LogP contribution in [-0.4, -0.2) is 41.5 Å². The van der Waals surface area contributed by atoms with Crippen molar-refractivity contribution in [2.24, 2.45) is 4.99 Å². The van der Waals surface area contributed by atoms with E-state index in [4.69, 9.17) is 4.74 Å². The highest BCUT2D eigenvalue weighted by Gasteiger charge is 2.28. The lowest BCUT2D eigenvalue weighted by Crippen LogP contribution is -2.25. The predicted octanol–water partition coefficient (Wildman–Crippen LogP) is 2.88. The Labute approximate surface area is 146 Å². The molecule has 0 aliphatic heterocycles. The molecule has 1 N–H and O–H groups in total. The fraction of sp³-hybridized carbons (Fsp3) is 0.389. The monoisotopic (exact) mass is 347 g/mol. The Kier molecular flexibility index (Phi) is 6.61. The fourth-order valence-corrected chi connectivity index (χ4v) is 2.85. The number of aliphatic hydroxyl groups is 1. The van der Waals surface area contributed by atoms with Gasteiger partial charge in [0.1, 0.15) is 5.76 Å². The summed E-state index contributed by atoms with van der Waals surface area (Å²) in [4.78, 5) is 28.1. The number of ketones is 1. The minimum atomic E-state index is -0.784. The number of thiol groups is 1. The Morgan fingerprint density at radius 1 is 1.42 bits per heavy atom. The van der Waals surface area contributed by atoms with E-state index in [0.717, 1.165) is 5.56 Å². The summed E-state index contributed by atoms with van der Waals surface area (Å²) < 4.78 is 4.90. The first-order valence-corrected chi connectivity index (χ1v) is 8.51. The van der Waals surface area contributed by atoms with E-state index in [1.165, 1.54) is 6.21 Å². The van der Waals surface area contributed by atoms with Crippen molar-refractivity contribution in [3.63, 3.8) is 0 Å². The molecule has 0 amide bonds. The van der Waals surface area contributed by atoms with E-state index in [2.05, 4.69) is 17.6 Å². The van der Waals surface area contributed by atoms with Gasteiger partial charge in [-0.2, -0.15) is 12.6 Å². The molecule has 0 fully saturated rings. The minimum Gasteiger partial charge on any atom is -0.511 e. The number of benzene rings is 1. The molecule has 1 aliphatic rings. The number of aliphatic hydroxyl groups excluding tert-OH is 1. The van der Waals surface area contributed by atoms with E-state index in [0.29, 0.717) is 12.8 Å². The number of nitrogens with zero attached hydrogens (tertiary/aromatic N) is 1. The number of allylic oxidation sites excluding steroid dienone is 2. The second kappa shape index (κ2) is 8.68. The molecule has 128 valence electrons. The Balaban J connectivity index is 2.14. The van der Waals surface area contributed by atoms with Crippen molar-refractivity contribution >= 4 is 30.6 Å². The molecule has 24 heavy (non-hydrogen) atoms. The van der Waals surface area contributed by atoms with Crippen LogP contribution in [0, 0.1) is 0 Å². The molecule has 5 nitrogen and oxygen atoms in total. The number of carbonyl (C=O) groups is 2. The Morgan fingerprint density at radius 2 is 2.12 bits per heavy atom. The lowest BCUT2D eigenvalue weighted by molar-refractivity contribution is -0.143. The molecule has 6 heteroatoms. The van der Waals surface area contributed by atoms with Crippen LogP contribution in [0.4, 0.5) is 0 Å². The van der Waals surface area contributed by atoms with Crippen LogP contribution in [0.2, 0.25) is 0 Å². The van der Waals surface area contributed by atoms with Gasteiger partial charge in [0, 0.05) is 24.8 Å². The molecule has 0 saturated carbocycles. The molecule has 2 atom stereocenters. The van der Waals surface area contributed by atoms with Gasteiger partial charge in [-0.3, -0.25) is 9.79 Å². The van der Waals surface area contributed by atoms with Gasteiger partial charge < -0.3 is 9.84 Å². The number of rotatable bonds is 6. The quantitative estimate of drug-likeness (QED) is 0.471. The maximum absolute atomic E-state index is 12.3. The lowest BCUT2D eigenvalue weighted by atomic mass is 9.83. The summed E-state index contributed by atoms with van der Waals surface area (Å²) >= 11 is 4.07. The zero-order valence-electron chi connectivity index (χ0n) is 13.5. The van der Waals surface area contributed by atoms with Crippen molar-refractivity contribution in [2.45, 2.75) is 31.7 Å². The van der Waals surface area contributed by atoms with Gasteiger partial charge in [0.05, 0.1) is 12.2 Å². The standard InChI is InChI=1S/C18H21NO4S/c1-2-23-18(22)15(11-24)19-10-14-16(20)8-13(9-17(14)21)12-6-4-3-5-7-12/h3-7,10,13,15,20,24H,2,8-9,11H2,1H3/t13?,15-/m0/s1. The summed E-state index contributed by atoms with van der Waals surface area (Å²) in [6.45, 7) is 1.96. The van der Waals surface area contributed by atoms with Crippen LogP contribution >= 0.6 is 12.6 Å². The van der Waals surface area contributed by atoms with Crippen LogP contribution in [-0.2, 0) is 14.3 Å². The average molecular weight is 347 g/mol. The minimum absolute atomic E-state index is 0.00521. The van der Waals surface area contributed by atoms with Gasteiger partial charge >= 0.3 is 5.97 Å². The summed E-state index contributed by atoms with van der Waals surface area (Å²) in [5, 5.41) is 10.2. The molecule has 0 aromatic heterocycles. The van der Waals surface area contributed by atoms with Crippen LogP contribution < -0.4 is 0 Å². The number of hydrogen-bond acceptors (Lipinski definition) is 6. The average Bonchev–Trinajstić information content (AvgIpc) is 2.58. The molecule has 0 spiro atoms. The molecule has 1 aromatic carbocycles. The van der Waals surface area contributed by atoms with Crippen molar-refractivity contribution in [2.75, 3.05) is 12.4 Å². The highest BCUT2D eigenvalue weighted by Crippen LogP contribution is 2.32. The van der Waals surface area contributed by atoms with E-state index in [9.17, 15) is 14.7 Å². The lowest BCUT2D eigenvalue weighted by Gasteiger charge is -2.22. The van der Waals surface area contributed by atoms with E-state index in [-0.39, 0.29) is 35.4 Å². The summed E-state index contributed by atoms with van der Waals surface area (Å²) in [6.07, 6.45) is 1.96. The first kappa shape index (κ1) is 18.3. The van der Waals surface area contributed by atoms with Crippen LogP contribution in [0.3, 0.4) is 0 Å². The number of hydrogen-bond donors (Lipinski definition) is 2. The Morgan fingerprint density at radius 3 is 2.71 bits per heavy atom. The first-order chi connectivity index (χ1) is 11.6. The topological polar surface area (TPSA) is 76.0 Å². The van der Waals surface area contributed by atoms with E-state index in [1.54, 1.807) is 6.92 Å². The third kappa shape index (κ3) is 4.47. The van der Waals surface area contributed by atoms with Gasteiger partial charge in [-0.1, -0.05) is 30.3 Å². The van der Waals surface area contributed by atoms with E-state index in [1.807, 2.05) is 30.3 Å². The third-order valence-electron chi connectivity index (χ3n) is 3.87. The SMILES string of the molecule is CCOC(=O)[C@H](CS)N=CC1=C(O)CC(c2ccccc2)CC1=O. The molecular weight excluding hydrogens is 326 g/mol. The molecule has 1 aromatic rings. The second-order valence-corrected chi connectivity index (χ2v) is 5.89. The van der Waals surface area contributed by atoms with Crippen molar-refractivity contribution in [3.05, 3.63) is 47.2 Å². The zero-order valence-corrected chi connectivity index (χ0v) is 14.4. The van der Waals surface area contributed by atoms with Crippen molar-refractivity contribution in [1.82, 2.24) is 0 Å².